The van der Waals surface area contributed by atoms with Crippen molar-refractivity contribution < 1.29 is 14.3 Å². The van der Waals surface area contributed by atoms with E-state index in [1.54, 1.807) is 30.6 Å². The van der Waals surface area contributed by atoms with Crippen LogP contribution in [-0.4, -0.2) is 46.4 Å². The van der Waals surface area contributed by atoms with E-state index in [-0.39, 0.29) is 11.6 Å². The minimum absolute atomic E-state index is 0.00148. The predicted octanol–water partition coefficient (Wildman–Crippen LogP) is 2.27. The lowest BCUT2D eigenvalue weighted by atomic mass is 9.97. The summed E-state index contributed by atoms with van der Waals surface area (Å²) in [5, 5.41) is 0. The first-order valence-electron chi connectivity index (χ1n) is 8.31. The Morgan fingerprint density at radius 3 is 2.73 bits per heavy atom. The van der Waals surface area contributed by atoms with Gasteiger partial charge in [-0.3, -0.25) is 19.6 Å². The molecule has 2 aromatic heterocycles. The van der Waals surface area contributed by atoms with Gasteiger partial charge in [0.15, 0.2) is 0 Å². The lowest BCUT2D eigenvalue weighted by Crippen LogP contribution is -2.39. The molecule has 8 heteroatoms. The van der Waals surface area contributed by atoms with Gasteiger partial charge in [-0.25, -0.2) is 0 Å². The lowest BCUT2D eigenvalue weighted by molar-refractivity contribution is 0.0660. The molecule has 2 amide bonds. The Morgan fingerprint density at radius 1 is 1.27 bits per heavy atom. The van der Waals surface area contributed by atoms with Crippen LogP contribution in [0, 0.1) is 5.92 Å². The highest BCUT2D eigenvalue weighted by Crippen LogP contribution is 2.21. The number of likely N-dealkylation sites (tertiary alicyclic amines) is 1. The molecule has 2 aromatic rings. The van der Waals surface area contributed by atoms with Crippen molar-refractivity contribution in [2.75, 3.05) is 19.7 Å². The summed E-state index contributed by atoms with van der Waals surface area (Å²) in [6, 6.07) is 5.02. The highest BCUT2D eigenvalue weighted by molar-refractivity contribution is 9.10. The maximum atomic E-state index is 12.5. The highest BCUT2D eigenvalue weighted by atomic mass is 79.9. The van der Waals surface area contributed by atoms with Crippen LogP contribution < -0.4 is 10.5 Å². The quantitative estimate of drug-likeness (QED) is 0.802. The molecule has 0 unspecified atom stereocenters. The maximum absolute atomic E-state index is 12.5. The van der Waals surface area contributed by atoms with Gasteiger partial charge in [-0.15, -0.1) is 0 Å². The van der Waals surface area contributed by atoms with E-state index in [9.17, 15) is 9.59 Å². The van der Waals surface area contributed by atoms with Crippen LogP contribution in [0.1, 0.15) is 33.7 Å². The predicted molar refractivity (Wildman–Crippen MR) is 98.8 cm³/mol. The topological polar surface area (TPSA) is 98.4 Å². The van der Waals surface area contributed by atoms with Gasteiger partial charge in [0.1, 0.15) is 11.4 Å². The van der Waals surface area contributed by atoms with E-state index in [4.69, 9.17) is 10.5 Å². The molecule has 0 radical (unpaired) electrons. The molecule has 136 valence electrons. The number of carbonyl (C=O) groups is 2. The third-order valence-electron chi connectivity index (χ3n) is 4.32. The van der Waals surface area contributed by atoms with Crippen LogP contribution in [0.25, 0.3) is 0 Å². The molecule has 3 heterocycles. The molecule has 0 aromatic carbocycles. The molecule has 1 aliphatic heterocycles. The van der Waals surface area contributed by atoms with Gasteiger partial charge in [-0.05, 0) is 46.8 Å². The number of aromatic nitrogens is 2. The number of primary amides is 1. The number of rotatable bonds is 5. The summed E-state index contributed by atoms with van der Waals surface area (Å²) in [5.74, 6) is 0.347. The molecule has 0 saturated carbocycles. The fourth-order valence-corrected chi connectivity index (χ4v) is 3.23. The lowest BCUT2D eigenvalue weighted by Gasteiger charge is -2.32. The Kier molecular flexibility index (Phi) is 5.82. The zero-order valence-electron chi connectivity index (χ0n) is 14.1. The van der Waals surface area contributed by atoms with Gasteiger partial charge in [0, 0.05) is 42.2 Å². The van der Waals surface area contributed by atoms with Crippen molar-refractivity contribution in [3.05, 3.63) is 52.5 Å². The summed E-state index contributed by atoms with van der Waals surface area (Å²) >= 11 is 3.34. The van der Waals surface area contributed by atoms with Crippen molar-refractivity contribution in [3.8, 4) is 5.75 Å². The first-order valence-corrected chi connectivity index (χ1v) is 9.10. The second-order valence-corrected chi connectivity index (χ2v) is 7.10. The average molecular weight is 419 g/mol. The minimum atomic E-state index is -0.579. The number of halogens is 1. The number of nitrogens with two attached hydrogens (primary N) is 1. The Hall–Kier alpha value is -2.48. The number of nitrogens with zero attached hydrogens (tertiary/aromatic N) is 3. The Morgan fingerprint density at radius 2 is 2.04 bits per heavy atom. The molecule has 0 atom stereocenters. The van der Waals surface area contributed by atoms with Crippen molar-refractivity contribution in [3.63, 3.8) is 0 Å². The normalized spacial score (nSPS) is 14.9. The van der Waals surface area contributed by atoms with Gasteiger partial charge in [-0.1, -0.05) is 0 Å². The second kappa shape index (κ2) is 8.27. The summed E-state index contributed by atoms with van der Waals surface area (Å²) in [6.45, 7) is 1.90. The molecule has 1 saturated heterocycles. The number of ether oxygens (including phenoxy) is 1. The molecular formula is C18H19BrN4O3. The number of hydrogen-bond acceptors (Lipinski definition) is 5. The molecule has 0 aliphatic carbocycles. The van der Waals surface area contributed by atoms with E-state index in [1.807, 2.05) is 4.90 Å². The SMILES string of the molecule is NC(=O)c1cc(OCC2CCN(C(=O)c3cncc(Br)c3)CC2)ccn1. The van der Waals surface area contributed by atoms with Gasteiger partial charge in [0.25, 0.3) is 11.8 Å². The molecule has 0 spiro atoms. The van der Waals surface area contributed by atoms with Crippen LogP contribution >= 0.6 is 15.9 Å². The van der Waals surface area contributed by atoms with Crippen LogP contribution in [0.5, 0.6) is 5.75 Å². The van der Waals surface area contributed by atoms with E-state index >= 15 is 0 Å². The van der Waals surface area contributed by atoms with Crippen molar-refractivity contribution in [2.24, 2.45) is 11.7 Å². The molecule has 7 nitrogen and oxygen atoms in total. The van der Waals surface area contributed by atoms with E-state index in [1.165, 1.54) is 6.20 Å². The zero-order chi connectivity index (χ0) is 18.5. The Bertz CT molecular complexity index is 807. The van der Waals surface area contributed by atoms with Crippen LogP contribution in [0.3, 0.4) is 0 Å². The van der Waals surface area contributed by atoms with Crippen molar-refractivity contribution in [1.82, 2.24) is 14.9 Å². The third-order valence-corrected chi connectivity index (χ3v) is 4.76. The Labute approximate surface area is 159 Å². The van der Waals surface area contributed by atoms with E-state index in [2.05, 4.69) is 25.9 Å². The number of pyridine rings is 2. The molecule has 1 aliphatic rings. The van der Waals surface area contributed by atoms with Crippen LogP contribution in [0.2, 0.25) is 0 Å². The summed E-state index contributed by atoms with van der Waals surface area (Å²) in [7, 11) is 0. The largest absolute Gasteiger partial charge is 0.493 e. The van der Waals surface area contributed by atoms with E-state index < -0.39 is 5.91 Å². The molecule has 1 fully saturated rings. The first kappa shape index (κ1) is 18.3. The van der Waals surface area contributed by atoms with Gasteiger partial charge in [0.2, 0.25) is 0 Å². The molecular weight excluding hydrogens is 400 g/mol. The van der Waals surface area contributed by atoms with Crippen molar-refractivity contribution in [1.29, 1.82) is 0 Å². The maximum Gasteiger partial charge on any atom is 0.267 e. The zero-order valence-corrected chi connectivity index (χ0v) is 15.7. The van der Waals surface area contributed by atoms with E-state index in [0.29, 0.717) is 36.9 Å². The fourth-order valence-electron chi connectivity index (χ4n) is 2.86. The van der Waals surface area contributed by atoms with Crippen LogP contribution in [0.15, 0.2) is 41.3 Å². The van der Waals surface area contributed by atoms with Crippen molar-refractivity contribution >= 4 is 27.7 Å². The summed E-state index contributed by atoms with van der Waals surface area (Å²) < 4.78 is 6.56. The standard InChI is InChI=1S/C18H19BrN4O3/c19-14-7-13(9-21-10-14)18(25)23-5-2-12(3-6-23)11-26-15-1-4-22-16(8-15)17(20)24/h1,4,7-10,12H,2-3,5-6,11H2,(H2,20,24). The first-order chi connectivity index (χ1) is 12.5. The number of hydrogen-bond donors (Lipinski definition) is 1. The molecule has 3 rings (SSSR count). The monoisotopic (exact) mass is 418 g/mol. The average Bonchev–Trinajstić information content (AvgIpc) is 2.66. The molecule has 2 N–H and O–H groups in total. The molecule has 26 heavy (non-hydrogen) atoms. The fraction of sp³-hybridized carbons (Fsp3) is 0.333. The highest BCUT2D eigenvalue weighted by Gasteiger charge is 2.24. The van der Waals surface area contributed by atoms with E-state index in [0.717, 1.165) is 17.3 Å². The van der Waals surface area contributed by atoms with Gasteiger partial charge in [-0.2, -0.15) is 0 Å². The van der Waals surface area contributed by atoms with Gasteiger partial charge >= 0.3 is 0 Å². The number of carbonyl (C=O) groups excluding carboxylic acids is 2. The minimum Gasteiger partial charge on any atom is -0.493 e. The van der Waals surface area contributed by atoms with Gasteiger partial charge < -0.3 is 15.4 Å². The third kappa shape index (κ3) is 4.57. The summed E-state index contributed by atoms with van der Waals surface area (Å²) in [6.07, 6.45) is 6.47. The van der Waals surface area contributed by atoms with Crippen LogP contribution in [0.4, 0.5) is 0 Å². The molecule has 0 bridgehead atoms. The van der Waals surface area contributed by atoms with Gasteiger partial charge in [0.05, 0.1) is 12.2 Å². The second-order valence-electron chi connectivity index (χ2n) is 6.18. The van der Waals surface area contributed by atoms with Crippen molar-refractivity contribution in [2.45, 2.75) is 12.8 Å². The van der Waals surface area contributed by atoms with Crippen LogP contribution in [-0.2, 0) is 0 Å². The Balaban J connectivity index is 1.50. The number of amides is 2. The number of piperidine rings is 1. The summed E-state index contributed by atoms with van der Waals surface area (Å²) in [4.78, 5) is 33.5. The summed E-state index contributed by atoms with van der Waals surface area (Å²) in [5.41, 5.74) is 5.99. The smallest absolute Gasteiger partial charge is 0.267 e.